The topological polar surface area (TPSA) is 29.1 Å². The Kier molecular flexibility index (Phi) is 5.62. The van der Waals surface area contributed by atoms with Gasteiger partial charge in [0.15, 0.2) is 0 Å². The largest absolute Gasteiger partial charge is 0.349 e. The number of hydrogen-bond donors (Lipinski definition) is 1. The molecule has 0 unspecified atom stereocenters. The molecule has 0 spiro atoms. The van der Waals surface area contributed by atoms with Crippen LogP contribution >= 0.6 is 11.8 Å². The van der Waals surface area contributed by atoms with Crippen molar-refractivity contribution < 1.29 is 4.79 Å². The zero-order chi connectivity index (χ0) is 16.9. The summed E-state index contributed by atoms with van der Waals surface area (Å²) >= 11 is 1.67. The molecule has 3 heteroatoms. The van der Waals surface area contributed by atoms with Gasteiger partial charge in [-0.2, -0.15) is 0 Å². The van der Waals surface area contributed by atoms with E-state index < -0.39 is 0 Å². The fraction of sp³-hybridized carbons (Fsp3) is 0.381. The summed E-state index contributed by atoms with van der Waals surface area (Å²) in [5, 5.41) is 3.13. The Morgan fingerprint density at radius 2 is 2.00 bits per heavy atom. The number of thioether (sulfide) groups is 1. The number of carbonyl (C=O) groups excluding carboxylic acids is 1. The van der Waals surface area contributed by atoms with E-state index in [0.717, 1.165) is 5.75 Å². The number of benzene rings is 2. The van der Waals surface area contributed by atoms with Gasteiger partial charge in [0.2, 0.25) is 5.91 Å². The highest BCUT2D eigenvalue weighted by atomic mass is 32.2. The molecule has 0 heterocycles. The molecule has 0 radical (unpaired) electrons. The van der Waals surface area contributed by atoms with Crippen LogP contribution in [0.15, 0.2) is 42.5 Å². The molecule has 0 saturated carbocycles. The predicted octanol–water partition coefficient (Wildman–Crippen LogP) is 4.59. The van der Waals surface area contributed by atoms with Crippen LogP contribution in [-0.2, 0) is 23.4 Å². The first-order valence-electron chi connectivity index (χ1n) is 8.66. The summed E-state index contributed by atoms with van der Waals surface area (Å²) in [5.41, 5.74) is 6.70. The molecule has 126 valence electrons. The zero-order valence-corrected chi connectivity index (χ0v) is 15.3. The lowest BCUT2D eigenvalue weighted by atomic mass is 10.0. The molecule has 3 rings (SSSR count). The highest BCUT2D eigenvalue weighted by molar-refractivity contribution is 7.99. The minimum absolute atomic E-state index is 0.0722. The number of hydrogen-bond acceptors (Lipinski definition) is 2. The number of rotatable bonds is 6. The first kappa shape index (κ1) is 17.1. The molecular formula is C21H25NOS. The lowest BCUT2D eigenvalue weighted by Gasteiger charge is -2.15. The van der Waals surface area contributed by atoms with E-state index in [1.165, 1.54) is 47.1 Å². The number of aryl methyl sites for hydroxylation is 3. The second kappa shape index (κ2) is 7.89. The maximum absolute atomic E-state index is 12.2. The van der Waals surface area contributed by atoms with Crippen LogP contribution in [0.25, 0.3) is 0 Å². The molecule has 1 atom stereocenters. The van der Waals surface area contributed by atoms with E-state index in [2.05, 4.69) is 61.6 Å². The van der Waals surface area contributed by atoms with Crippen LogP contribution in [0.2, 0.25) is 0 Å². The van der Waals surface area contributed by atoms with Gasteiger partial charge < -0.3 is 5.32 Å². The van der Waals surface area contributed by atoms with Crippen molar-refractivity contribution in [2.75, 3.05) is 5.75 Å². The molecule has 0 aromatic heterocycles. The molecule has 1 amide bonds. The lowest BCUT2D eigenvalue weighted by Crippen LogP contribution is -2.28. The summed E-state index contributed by atoms with van der Waals surface area (Å²) in [6.07, 6.45) is 3.64. The molecule has 24 heavy (non-hydrogen) atoms. The van der Waals surface area contributed by atoms with Gasteiger partial charge in [0, 0.05) is 5.75 Å². The summed E-state index contributed by atoms with van der Waals surface area (Å²) in [5.74, 6) is 1.49. The van der Waals surface area contributed by atoms with Crippen molar-refractivity contribution in [3.8, 4) is 0 Å². The van der Waals surface area contributed by atoms with E-state index in [1.54, 1.807) is 11.8 Å². The quantitative estimate of drug-likeness (QED) is 0.834. The van der Waals surface area contributed by atoms with Crippen molar-refractivity contribution in [3.05, 3.63) is 70.3 Å². The second-order valence-electron chi connectivity index (χ2n) is 6.65. The number of fused-ring (bicyclic) bond motifs is 1. The van der Waals surface area contributed by atoms with Crippen molar-refractivity contribution in [1.29, 1.82) is 0 Å². The Labute approximate surface area is 149 Å². The predicted molar refractivity (Wildman–Crippen MR) is 102 cm³/mol. The van der Waals surface area contributed by atoms with Gasteiger partial charge in [-0.05, 0) is 55.4 Å². The lowest BCUT2D eigenvalue weighted by molar-refractivity contribution is -0.119. The molecule has 1 aliphatic rings. The summed E-state index contributed by atoms with van der Waals surface area (Å²) in [6, 6.07) is 15.2. The van der Waals surface area contributed by atoms with E-state index >= 15 is 0 Å². The van der Waals surface area contributed by atoms with Gasteiger partial charge in [-0.3, -0.25) is 4.79 Å². The monoisotopic (exact) mass is 339 g/mol. The van der Waals surface area contributed by atoms with Gasteiger partial charge in [-0.1, -0.05) is 48.0 Å². The van der Waals surface area contributed by atoms with Crippen LogP contribution < -0.4 is 5.32 Å². The van der Waals surface area contributed by atoms with E-state index in [0.29, 0.717) is 5.75 Å². The first-order chi connectivity index (χ1) is 11.6. The van der Waals surface area contributed by atoms with Gasteiger partial charge in [-0.25, -0.2) is 0 Å². The summed E-state index contributed by atoms with van der Waals surface area (Å²) < 4.78 is 0. The summed E-state index contributed by atoms with van der Waals surface area (Å²) in [7, 11) is 0. The number of amides is 1. The Morgan fingerprint density at radius 3 is 2.83 bits per heavy atom. The molecule has 2 aromatic carbocycles. The fourth-order valence-corrected chi connectivity index (χ4v) is 4.08. The van der Waals surface area contributed by atoms with E-state index in [4.69, 9.17) is 0 Å². The first-order valence-corrected chi connectivity index (χ1v) is 9.81. The average molecular weight is 340 g/mol. The Morgan fingerprint density at radius 1 is 1.17 bits per heavy atom. The smallest absolute Gasteiger partial charge is 0.230 e. The second-order valence-corrected chi connectivity index (χ2v) is 7.64. The Bertz CT molecular complexity index is 726. The minimum atomic E-state index is 0.0722. The van der Waals surface area contributed by atoms with Crippen molar-refractivity contribution in [3.63, 3.8) is 0 Å². The summed E-state index contributed by atoms with van der Waals surface area (Å²) in [6.45, 7) is 4.17. The third-order valence-electron chi connectivity index (χ3n) is 4.58. The molecule has 0 fully saturated rings. The van der Waals surface area contributed by atoms with Crippen molar-refractivity contribution in [1.82, 2.24) is 5.32 Å². The highest BCUT2D eigenvalue weighted by Crippen LogP contribution is 2.25. The Hall–Kier alpha value is -1.74. The minimum Gasteiger partial charge on any atom is -0.349 e. The Balaban J connectivity index is 1.47. The van der Waals surface area contributed by atoms with Crippen molar-refractivity contribution in [2.45, 2.75) is 44.9 Å². The van der Waals surface area contributed by atoms with E-state index in [1.807, 2.05) is 0 Å². The van der Waals surface area contributed by atoms with Crippen molar-refractivity contribution in [2.24, 2.45) is 0 Å². The maximum atomic E-state index is 12.2. The van der Waals surface area contributed by atoms with E-state index in [9.17, 15) is 4.79 Å². The molecule has 1 aliphatic carbocycles. The molecule has 2 nitrogen and oxygen atoms in total. The van der Waals surface area contributed by atoms with Crippen LogP contribution in [0, 0.1) is 6.92 Å². The van der Waals surface area contributed by atoms with Crippen LogP contribution in [-0.4, -0.2) is 11.7 Å². The molecule has 0 saturated heterocycles. The van der Waals surface area contributed by atoms with Gasteiger partial charge in [0.25, 0.3) is 0 Å². The fourth-order valence-electron chi connectivity index (χ4n) is 3.29. The van der Waals surface area contributed by atoms with Gasteiger partial charge in [0.1, 0.15) is 0 Å². The highest BCUT2D eigenvalue weighted by Gasteiger charge is 2.14. The standard InChI is InChI=1S/C21H25NOS/c1-15-5-3-6-17(11-15)13-24-14-21(23)22-16(2)19-10-9-18-7-4-8-20(18)12-19/h3,5-6,9-12,16H,4,7-8,13-14H2,1-2H3,(H,22,23)/t16-/m1/s1. The molecule has 0 aliphatic heterocycles. The van der Waals surface area contributed by atoms with Gasteiger partial charge in [-0.15, -0.1) is 11.8 Å². The van der Waals surface area contributed by atoms with E-state index in [-0.39, 0.29) is 11.9 Å². The van der Waals surface area contributed by atoms with Gasteiger partial charge in [0.05, 0.1) is 11.8 Å². The molecule has 1 N–H and O–H groups in total. The number of carbonyl (C=O) groups is 1. The molecular weight excluding hydrogens is 314 g/mol. The van der Waals surface area contributed by atoms with Crippen molar-refractivity contribution >= 4 is 17.7 Å². The summed E-state index contributed by atoms with van der Waals surface area (Å²) in [4.78, 5) is 12.2. The molecule has 0 bridgehead atoms. The average Bonchev–Trinajstić information content (AvgIpc) is 3.02. The zero-order valence-electron chi connectivity index (χ0n) is 14.5. The van der Waals surface area contributed by atoms with Crippen LogP contribution in [0.4, 0.5) is 0 Å². The molecule has 2 aromatic rings. The van der Waals surface area contributed by atoms with Crippen LogP contribution in [0.5, 0.6) is 0 Å². The SMILES string of the molecule is Cc1cccc(CSCC(=O)N[C@H](C)c2ccc3c(c2)CCC3)c1. The van der Waals surface area contributed by atoms with Crippen LogP contribution in [0.3, 0.4) is 0 Å². The maximum Gasteiger partial charge on any atom is 0.230 e. The van der Waals surface area contributed by atoms with Gasteiger partial charge >= 0.3 is 0 Å². The third kappa shape index (κ3) is 4.41. The normalized spacial score (nSPS) is 14.2. The number of nitrogens with one attached hydrogen (secondary N) is 1. The third-order valence-corrected chi connectivity index (χ3v) is 5.59. The van der Waals surface area contributed by atoms with Crippen LogP contribution in [0.1, 0.15) is 47.2 Å².